The molecular weight excluding hydrogens is 439 g/mol. The minimum atomic E-state index is -0.233. The number of hydrogen-bond donors (Lipinski definition) is 3. The summed E-state index contributed by atoms with van der Waals surface area (Å²) < 4.78 is 16.5. The van der Waals surface area contributed by atoms with Crippen LogP contribution in [0, 0.1) is 11.7 Å². The summed E-state index contributed by atoms with van der Waals surface area (Å²) in [7, 11) is 0. The van der Waals surface area contributed by atoms with Gasteiger partial charge in [-0.15, -0.1) is 11.3 Å². The monoisotopic (exact) mass is 460 g/mol. The number of benzene rings is 2. The van der Waals surface area contributed by atoms with Crippen molar-refractivity contribution in [3.63, 3.8) is 0 Å². The summed E-state index contributed by atoms with van der Waals surface area (Å²) in [4.78, 5) is 5.20. The van der Waals surface area contributed by atoms with E-state index in [1.54, 1.807) is 16.8 Å². The molecule has 0 radical (unpaired) electrons. The van der Waals surface area contributed by atoms with E-state index in [1.807, 2.05) is 35.7 Å². The Kier molecular flexibility index (Phi) is 6.94. The largest absolute Gasteiger partial charge is 0.383 e. The number of allylic oxidation sites excluding steroid dienone is 1. The first-order valence-corrected chi connectivity index (χ1v) is 11.8. The fourth-order valence-electron chi connectivity index (χ4n) is 3.55. The molecule has 0 saturated heterocycles. The van der Waals surface area contributed by atoms with Gasteiger partial charge in [-0.25, -0.2) is 9.37 Å². The standard InChI is InChI=1S/C22H22ClFN4S2/c23-19-10-16(30-28-22-12-29-13-27-22)8-9-21(19)26-11-18-17(2-1-3-20(18)25)14-4-6-15(24)7-5-14/h2,4-10,12-13,18,20,26,28H,1,3,11,25H2. The van der Waals surface area contributed by atoms with Gasteiger partial charge in [-0.3, -0.25) is 0 Å². The van der Waals surface area contributed by atoms with Crippen molar-refractivity contribution in [3.05, 3.63) is 75.8 Å². The van der Waals surface area contributed by atoms with E-state index in [1.165, 1.54) is 24.1 Å². The zero-order valence-corrected chi connectivity index (χ0v) is 18.5. The summed E-state index contributed by atoms with van der Waals surface area (Å²) in [6.07, 6.45) is 4.08. The van der Waals surface area contributed by atoms with Crippen LogP contribution in [0.15, 0.2) is 64.3 Å². The van der Waals surface area contributed by atoms with Crippen LogP contribution in [-0.2, 0) is 0 Å². The highest BCUT2D eigenvalue weighted by atomic mass is 35.5. The summed E-state index contributed by atoms with van der Waals surface area (Å²) >= 11 is 9.52. The van der Waals surface area contributed by atoms with E-state index in [9.17, 15) is 4.39 Å². The molecule has 4 rings (SSSR count). The summed E-state index contributed by atoms with van der Waals surface area (Å²) in [5.41, 5.74) is 11.3. The van der Waals surface area contributed by atoms with Gasteiger partial charge in [0, 0.05) is 28.8 Å². The van der Waals surface area contributed by atoms with Crippen molar-refractivity contribution in [1.29, 1.82) is 0 Å². The molecule has 0 spiro atoms. The van der Waals surface area contributed by atoms with E-state index in [4.69, 9.17) is 17.3 Å². The van der Waals surface area contributed by atoms with Crippen LogP contribution in [0.2, 0.25) is 5.02 Å². The maximum Gasteiger partial charge on any atom is 0.147 e. The van der Waals surface area contributed by atoms with Crippen molar-refractivity contribution >= 4 is 52.0 Å². The molecule has 0 aliphatic heterocycles. The normalized spacial score (nSPS) is 18.7. The van der Waals surface area contributed by atoms with Crippen LogP contribution in [0.5, 0.6) is 0 Å². The number of halogens is 2. The van der Waals surface area contributed by atoms with Gasteiger partial charge in [0.05, 0.1) is 16.2 Å². The molecule has 1 heterocycles. The average Bonchev–Trinajstić information content (AvgIpc) is 3.26. The van der Waals surface area contributed by atoms with E-state index in [0.717, 1.165) is 40.4 Å². The van der Waals surface area contributed by atoms with E-state index in [0.29, 0.717) is 11.6 Å². The van der Waals surface area contributed by atoms with Crippen molar-refractivity contribution in [2.24, 2.45) is 11.7 Å². The van der Waals surface area contributed by atoms with Crippen LogP contribution in [-0.4, -0.2) is 17.6 Å². The van der Waals surface area contributed by atoms with Crippen molar-refractivity contribution in [3.8, 4) is 0 Å². The van der Waals surface area contributed by atoms with Gasteiger partial charge >= 0.3 is 0 Å². The van der Waals surface area contributed by atoms with E-state index >= 15 is 0 Å². The highest BCUT2D eigenvalue weighted by Gasteiger charge is 2.26. The second-order valence-corrected chi connectivity index (χ2v) is 9.12. The van der Waals surface area contributed by atoms with E-state index in [2.05, 4.69) is 21.1 Å². The Bertz CT molecular complexity index is 1010. The fourth-order valence-corrected chi connectivity index (χ4v) is 5.06. The molecule has 0 fully saturated rings. The summed E-state index contributed by atoms with van der Waals surface area (Å²) in [5, 5.41) is 6.05. The SMILES string of the molecule is NC1CCC=C(c2ccc(F)cc2)C1CNc1ccc(SNc2cscn2)cc1Cl. The van der Waals surface area contributed by atoms with Crippen LogP contribution in [0.1, 0.15) is 18.4 Å². The third-order valence-corrected chi connectivity index (χ3v) is 6.82. The highest BCUT2D eigenvalue weighted by molar-refractivity contribution is 8.00. The quantitative estimate of drug-likeness (QED) is 0.362. The molecule has 1 aliphatic rings. The molecule has 4 N–H and O–H groups in total. The number of aromatic nitrogens is 1. The first-order valence-electron chi connectivity index (χ1n) is 9.66. The molecule has 3 aromatic rings. The molecule has 2 atom stereocenters. The van der Waals surface area contributed by atoms with Crippen LogP contribution in [0.4, 0.5) is 15.9 Å². The number of hydrogen-bond acceptors (Lipinski definition) is 6. The lowest BCUT2D eigenvalue weighted by Crippen LogP contribution is -2.37. The molecule has 8 heteroatoms. The van der Waals surface area contributed by atoms with Crippen molar-refractivity contribution in [1.82, 2.24) is 4.98 Å². The van der Waals surface area contributed by atoms with Crippen LogP contribution in [0.25, 0.3) is 5.57 Å². The number of nitrogens with two attached hydrogens (primary N) is 1. The molecule has 1 aromatic heterocycles. The molecule has 0 amide bonds. The highest BCUT2D eigenvalue weighted by Crippen LogP contribution is 2.34. The van der Waals surface area contributed by atoms with Crippen LogP contribution >= 0.6 is 34.9 Å². The van der Waals surface area contributed by atoms with Gasteiger partial charge in [-0.2, -0.15) is 0 Å². The third-order valence-electron chi connectivity index (χ3n) is 5.12. The zero-order chi connectivity index (χ0) is 20.9. The maximum atomic E-state index is 13.3. The molecule has 0 bridgehead atoms. The van der Waals surface area contributed by atoms with Crippen LogP contribution in [0.3, 0.4) is 0 Å². The number of rotatable bonds is 7. The number of nitrogens with one attached hydrogen (secondary N) is 2. The summed E-state index contributed by atoms with van der Waals surface area (Å²) in [6, 6.07) is 12.6. The number of anilines is 2. The second kappa shape index (κ2) is 9.83. The average molecular weight is 461 g/mol. The van der Waals surface area contributed by atoms with Crippen molar-refractivity contribution in [2.75, 3.05) is 16.6 Å². The Morgan fingerprint density at radius 1 is 1.23 bits per heavy atom. The third kappa shape index (κ3) is 5.16. The smallest absolute Gasteiger partial charge is 0.147 e. The van der Waals surface area contributed by atoms with Gasteiger partial charge in [0.15, 0.2) is 0 Å². The van der Waals surface area contributed by atoms with Gasteiger partial charge in [0.1, 0.15) is 11.6 Å². The molecule has 1 aliphatic carbocycles. The van der Waals surface area contributed by atoms with Gasteiger partial charge in [0.2, 0.25) is 0 Å². The number of thiazole rings is 1. The Balaban J connectivity index is 1.42. The van der Waals surface area contributed by atoms with Crippen LogP contribution < -0.4 is 15.8 Å². The lowest BCUT2D eigenvalue weighted by molar-refractivity contribution is 0.486. The lowest BCUT2D eigenvalue weighted by Gasteiger charge is -2.31. The Labute approximate surface area is 188 Å². The fraction of sp³-hybridized carbons (Fsp3) is 0.227. The number of nitrogens with zero attached hydrogens (tertiary/aromatic N) is 1. The molecule has 0 saturated carbocycles. The first-order chi connectivity index (χ1) is 14.6. The lowest BCUT2D eigenvalue weighted by atomic mass is 9.80. The Morgan fingerprint density at radius 3 is 2.80 bits per heavy atom. The predicted octanol–water partition coefficient (Wildman–Crippen LogP) is 6.29. The van der Waals surface area contributed by atoms with Gasteiger partial charge in [0.25, 0.3) is 0 Å². The summed E-state index contributed by atoms with van der Waals surface area (Å²) in [5.74, 6) is 0.721. The molecule has 2 unspecified atom stereocenters. The predicted molar refractivity (Wildman–Crippen MR) is 127 cm³/mol. The molecular formula is C22H22ClFN4S2. The Hall–Kier alpha value is -2.06. The van der Waals surface area contributed by atoms with Gasteiger partial charge in [-0.1, -0.05) is 29.8 Å². The first kappa shape index (κ1) is 21.2. The summed E-state index contributed by atoms with van der Waals surface area (Å²) in [6.45, 7) is 0.660. The molecule has 30 heavy (non-hydrogen) atoms. The Morgan fingerprint density at radius 2 is 2.07 bits per heavy atom. The van der Waals surface area contributed by atoms with Gasteiger partial charge < -0.3 is 15.8 Å². The molecule has 156 valence electrons. The van der Waals surface area contributed by atoms with Crippen molar-refractivity contribution < 1.29 is 4.39 Å². The second-order valence-electron chi connectivity index (χ2n) is 7.11. The van der Waals surface area contributed by atoms with Crippen molar-refractivity contribution in [2.45, 2.75) is 23.8 Å². The zero-order valence-electron chi connectivity index (χ0n) is 16.1. The molecule has 2 aromatic carbocycles. The molecule has 4 nitrogen and oxygen atoms in total. The topological polar surface area (TPSA) is 63.0 Å². The van der Waals surface area contributed by atoms with E-state index < -0.39 is 0 Å². The minimum Gasteiger partial charge on any atom is -0.383 e. The van der Waals surface area contributed by atoms with E-state index in [-0.39, 0.29) is 17.8 Å². The minimum absolute atomic E-state index is 0.0402. The van der Waals surface area contributed by atoms with Gasteiger partial charge in [-0.05, 0) is 66.3 Å². The maximum absolute atomic E-state index is 13.3.